The highest BCUT2D eigenvalue weighted by Crippen LogP contribution is 2.64. The number of rotatable bonds is 6. The lowest BCUT2D eigenvalue weighted by molar-refractivity contribution is 0.759. The van der Waals surface area contributed by atoms with Crippen molar-refractivity contribution in [2.24, 2.45) is 0 Å². The fourth-order valence-electron chi connectivity index (χ4n) is 12.1. The number of para-hydroxylation sites is 1. The van der Waals surface area contributed by atoms with E-state index in [2.05, 4.69) is 242 Å². The molecule has 1 spiro atoms. The highest BCUT2D eigenvalue weighted by molar-refractivity contribution is 6.08. The van der Waals surface area contributed by atoms with Crippen molar-refractivity contribution in [3.05, 3.63) is 281 Å². The van der Waals surface area contributed by atoms with Gasteiger partial charge in [0.05, 0.1) is 10.8 Å². The second kappa shape index (κ2) is 13.6. The average molecular weight is 802 g/mol. The van der Waals surface area contributed by atoms with E-state index in [0.717, 1.165) is 23.5 Å². The van der Waals surface area contributed by atoms with Gasteiger partial charge in [-0.15, -0.1) is 0 Å². The summed E-state index contributed by atoms with van der Waals surface area (Å²) >= 11 is 0. The Labute approximate surface area is 369 Å². The summed E-state index contributed by atoms with van der Waals surface area (Å²) in [6, 6.07) is 86.7. The smallest absolute Gasteiger partial charge is 0.0729 e. The van der Waals surface area contributed by atoms with E-state index in [4.69, 9.17) is 0 Å². The fraction of sp³-hybridized carbons (Fsp3) is 0.0645. The van der Waals surface area contributed by atoms with Crippen molar-refractivity contribution in [3.8, 4) is 33.4 Å². The molecule has 63 heavy (non-hydrogen) atoms. The van der Waals surface area contributed by atoms with E-state index in [1.807, 2.05) is 0 Å². The molecule has 1 unspecified atom stereocenters. The lowest BCUT2D eigenvalue weighted by Crippen LogP contribution is -2.33. The van der Waals surface area contributed by atoms with E-state index >= 15 is 0 Å². The topological polar surface area (TPSA) is 3.24 Å². The molecule has 0 amide bonds. The van der Waals surface area contributed by atoms with E-state index in [1.165, 1.54) is 94.2 Å². The van der Waals surface area contributed by atoms with Crippen LogP contribution in [-0.4, -0.2) is 0 Å². The van der Waals surface area contributed by atoms with E-state index < -0.39 is 10.8 Å². The highest BCUT2D eigenvalue weighted by Gasteiger charge is 2.51. The van der Waals surface area contributed by atoms with Crippen LogP contribution in [0.5, 0.6) is 0 Å². The quantitative estimate of drug-likeness (QED) is 0.162. The first-order valence-electron chi connectivity index (χ1n) is 22.3. The molecular weight excluding hydrogens is 759 g/mol. The van der Waals surface area contributed by atoms with Crippen molar-refractivity contribution in [1.82, 2.24) is 0 Å². The minimum Gasteiger partial charge on any atom is -0.310 e. The van der Waals surface area contributed by atoms with Gasteiger partial charge in [-0.05, 0) is 137 Å². The third kappa shape index (κ3) is 4.77. The molecule has 0 aliphatic heterocycles. The van der Waals surface area contributed by atoms with Crippen LogP contribution in [0.25, 0.3) is 44.2 Å². The van der Waals surface area contributed by atoms with E-state index in [9.17, 15) is 0 Å². The summed E-state index contributed by atoms with van der Waals surface area (Å²) in [5.41, 5.74) is 22.2. The SMILES string of the molecule is CCc1ccc2cccc3c2c1C1(c2ccccc2-c2ccc(N(c4ccccc4)c4ccc5c(c4)C(c4ccccc4)(c4ccccc4)c4ccccc4-5)cc21)c1ccccc1-3. The largest absolute Gasteiger partial charge is 0.310 e. The molecule has 3 aliphatic rings. The van der Waals surface area contributed by atoms with Gasteiger partial charge < -0.3 is 4.90 Å². The van der Waals surface area contributed by atoms with Gasteiger partial charge in [-0.2, -0.15) is 0 Å². The number of nitrogens with zero attached hydrogens (tertiary/aromatic N) is 1. The Bertz CT molecular complexity index is 3400. The maximum Gasteiger partial charge on any atom is 0.0729 e. The molecular formula is C62H43N. The van der Waals surface area contributed by atoms with Gasteiger partial charge in [0.2, 0.25) is 0 Å². The molecule has 3 aliphatic carbocycles. The zero-order valence-corrected chi connectivity index (χ0v) is 35.1. The molecule has 1 nitrogen and oxygen atoms in total. The van der Waals surface area contributed by atoms with Gasteiger partial charge in [0.25, 0.3) is 0 Å². The summed E-state index contributed by atoms with van der Waals surface area (Å²) in [4.78, 5) is 2.49. The number of anilines is 3. The minimum absolute atomic E-state index is 0.509. The van der Waals surface area contributed by atoms with Gasteiger partial charge in [-0.3, -0.25) is 0 Å². The van der Waals surface area contributed by atoms with Crippen molar-refractivity contribution in [2.45, 2.75) is 24.2 Å². The van der Waals surface area contributed by atoms with Gasteiger partial charge in [-0.1, -0.05) is 201 Å². The Morgan fingerprint density at radius 1 is 0.333 bits per heavy atom. The van der Waals surface area contributed by atoms with Gasteiger partial charge >= 0.3 is 0 Å². The fourth-order valence-corrected chi connectivity index (χ4v) is 12.1. The molecule has 1 atom stereocenters. The molecule has 0 fully saturated rings. The van der Waals surface area contributed by atoms with E-state index in [0.29, 0.717) is 0 Å². The second-order valence-corrected chi connectivity index (χ2v) is 17.4. The molecule has 0 bridgehead atoms. The molecule has 13 rings (SSSR count). The third-order valence-electron chi connectivity index (χ3n) is 14.5. The number of aryl methyl sites for hydroxylation is 1. The number of fused-ring (bicyclic) bond motifs is 12. The zero-order chi connectivity index (χ0) is 41.7. The van der Waals surface area contributed by atoms with Crippen LogP contribution in [-0.2, 0) is 17.3 Å². The van der Waals surface area contributed by atoms with Crippen molar-refractivity contribution >= 4 is 27.8 Å². The first-order valence-corrected chi connectivity index (χ1v) is 22.3. The third-order valence-corrected chi connectivity index (χ3v) is 14.5. The Morgan fingerprint density at radius 2 is 0.778 bits per heavy atom. The van der Waals surface area contributed by atoms with Crippen LogP contribution in [0.4, 0.5) is 17.1 Å². The van der Waals surface area contributed by atoms with Gasteiger partial charge in [0.1, 0.15) is 0 Å². The van der Waals surface area contributed by atoms with Crippen molar-refractivity contribution < 1.29 is 0 Å². The Balaban J connectivity index is 1.11. The van der Waals surface area contributed by atoms with Gasteiger partial charge in [0.15, 0.2) is 0 Å². The maximum atomic E-state index is 2.54. The Morgan fingerprint density at radius 3 is 1.33 bits per heavy atom. The lowest BCUT2D eigenvalue weighted by Gasteiger charge is -2.41. The van der Waals surface area contributed by atoms with Crippen LogP contribution in [0.1, 0.15) is 57.0 Å². The molecule has 0 aromatic heterocycles. The summed E-state index contributed by atoms with van der Waals surface area (Å²) in [5, 5.41) is 2.67. The molecule has 0 N–H and O–H groups in total. The zero-order valence-electron chi connectivity index (χ0n) is 35.1. The van der Waals surface area contributed by atoms with Crippen molar-refractivity contribution in [1.29, 1.82) is 0 Å². The van der Waals surface area contributed by atoms with E-state index in [1.54, 1.807) is 0 Å². The normalized spacial score (nSPS) is 15.6. The molecule has 10 aromatic rings. The van der Waals surface area contributed by atoms with Crippen molar-refractivity contribution in [3.63, 3.8) is 0 Å². The van der Waals surface area contributed by atoms with Gasteiger partial charge in [0, 0.05) is 17.1 Å². The molecule has 296 valence electrons. The number of hydrogen-bond donors (Lipinski definition) is 0. The predicted molar refractivity (Wildman–Crippen MR) is 262 cm³/mol. The molecule has 0 radical (unpaired) electrons. The van der Waals surface area contributed by atoms with E-state index in [-0.39, 0.29) is 0 Å². The first-order chi connectivity index (χ1) is 31.2. The van der Waals surface area contributed by atoms with Crippen LogP contribution in [0.3, 0.4) is 0 Å². The standard InChI is InChI=1S/C62H43N/c1-2-41-33-34-42-19-18-29-53-50-28-14-17-32-56(50)62(60(41)59(42)53)55-31-16-13-27-49(55)52-38-36-47(40-58(52)62)63(45-24-10-5-11-25-45)46-35-37-51-48-26-12-15-30-54(48)61(57(51)39-46,43-20-6-3-7-21-43)44-22-8-4-9-23-44/h3-40H,2H2,1H3. The number of hydrogen-bond acceptors (Lipinski definition) is 1. The molecule has 0 heterocycles. The summed E-state index contributed by atoms with van der Waals surface area (Å²) in [6.45, 7) is 2.32. The monoisotopic (exact) mass is 801 g/mol. The lowest BCUT2D eigenvalue weighted by atomic mass is 9.60. The summed E-state index contributed by atoms with van der Waals surface area (Å²) in [5.74, 6) is 0. The van der Waals surface area contributed by atoms with Crippen LogP contribution in [0.2, 0.25) is 0 Å². The Hall–Kier alpha value is -7.74. The first kappa shape index (κ1) is 36.0. The summed E-state index contributed by atoms with van der Waals surface area (Å²) in [6.07, 6.45) is 0.943. The summed E-state index contributed by atoms with van der Waals surface area (Å²) < 4.78 is 0. The summed E-state index contributed by atoms with van der Waals surface area (Å²) in [7, 11) is 0. The minimum atomic E-state index is -0.518. The van der Waals surface area contributed by atoms with Crippen LogP contribution in [0, 0.1) is 0 Å². The van der Waals surface area contributed by atoms with Gasteiger partial charge in [-0.25, -0.2) is 0 Å². The molecule has 10 aromatic carbocycles. The Kier molecular flexibility index (Phi) is 7.78. The molecule has 0 saturated heterocycles. The highest BCUT2D eigenvalue weighted by atomic mass is 15.1. The van der Waals surface area contributed by atoms with Crippen LogP contribution >= 0.6 is 0 Å². The molecule has 0 saturated carbocycles. The second-order valence-electron chi connectivity index (χ2n) is 17.4. The molecule has 1 heteroatoms. The predicted octanol–water partition coefficient (Wildman–Crippen LogP) is 15.6. The van der Waals surface area contributed by atoms with Crippen molar-refractivity contribution in [2.75, 3.05) is 4.90 Å². The maximum absolute atomic E-state index is 2.54. The number of benzene rings is 10. The average Bonchev–Trinajstić information content (AvgIpc) is 3.81. The van der Waals surface area contributed by atoms with Crippen LogP contribution in [0.15, 0.2) is 231 Å². The van der Waals surface area contributed by atoms with Crippen LogP contribution < -0.4 is 4.90 Å².